The van der Waals surface area contributed by atoms with Crippen LogP contribution >= 0.6 is 0 Å². The Morgan fingerprint density at radius 1 is 1.07 bits per heavy atom. The maximum atomic E-state index is 12.4. The van der Waals surface area contributed by atoms with Crippen molar-refractivity contribution in [1.82, 2.24) is 15.0 Å². The van der Waals surface area contributed by atoms with Crippen LogP contribution in [-0.2, 0) is 6.54 Å². The summed E-state index contributed by atoms with van der Waals surface area (Å²) in [6, 6.07) is 17.2. The molecule has 0 saturated carbocycles. The van der Waals surface area contributed by atoms with E-state index in [1.165, 1.54) is 0 Å². The van der Waals surface area contributed by atoms with Gasteiger partial charge in [0.25, 0.3) is 5.56 Å². The summed E-state index contributed by atoms with van der Waals surface area (Å²) in [4.78, 5) is 38.8. The molecule has 2 amide bonds. The molecule has 0 aliphatic carbocycles. The van der Waals surface area contributed by atoms with Gasteiger partial charge in [0.1, 0.15) is 5.56 Å². The minimum absolute atomic E-state index is 0.0637. The molecule has 9 nitrogen and oxygen atoms in total. The quantitative estimate of drug-likeness (QED) is 0.369. The van der Waals surface area contributed by atoms with Crippen LogP contribution in [0, 0.1) is 0 Å². The minimum atomic E-state index is -0.785. The van der Waals surface area contributed by atoms with Crippen LogP contribution in [0.25, 0.3) is 0 Å². The molecule has 1 aromatic heterocycles. The van der Waals surface area contributed by atoms with Crippen molar-refractivity contribution in [3.05, 3.63) is 92.6 Å². The first kappa shape index (κ1) is 20.6. The first-order valence-electron chi connectivity index (χ1n) is 9.28. The average molecular weight is 407 g/mol. The normalized spacial score (nSPS) is 11.2. The number of amides is 2. The molecule has 0 fully saturated rings. The molecule has 9 heteroatoms. The van der Waals surface area contributed by atoms with Crippen LogP contribution in [0.15, 0.2) is 75.4 Å². The second-order valence-corrected chi connectivity index (χ2v) is 6.37. The van der Waals surface area contributed by atoms with E-state index in [0.29, 0.717) is 5.69 Å². The van der Waals surface area contributed by atoms with Crippen LogP contribution in [-0.4, -0.2) is 26.4 Å². The lowest BCUT2D eigenvalue weighted by Gasteiger charge is -2.12. The van der Waals surface area contributed by atoms with Crippen molar-refractivity contribution in [3.63, 3.8) is 0 Å². The molecule has 1 heterocycles. The van der Waals surface area contributed by atoms with E-state index in [1.807, 2.05) is 12.1 Å². The van der Waals surface area contributed by atoms with Crippen molar-refractivity contribution in [1.29, 1.82) is 0 Å². The predicted molar refractivity (Wildman–Crippen MR) is 114 cm³/mol. The molecule has 0 radical (unpaired) electrons. The molecule has 0 bridgehead atoms. The Morgan fingerprint density at radius 3 is 2.33 bits per heavy atom. The lowest BCUT2D eigenvalue weighted by atomic mass is 10.1. The van der Waals surface area contributed by atoms with Crippen molar-refractivity contribution in [2.24, 2.45) is 5.10 Å². The fourth-order valence-corrected chi connectivity index (χ4v) is 2.84. The van der Waals surface area contributed by atoms with Gasteiger partial charge in [0.15, 0.2) is 0 Å². The molecule has 154 valence electrons. The predicted octanol–water partition coefficient (Wildman–Crippen LogP) is 2.23. The van der Waals surface area contributed by atoms with Crippen LogP contribution in [0.4, 0.5) is 10.5 Å². The number of H-pyrrole nitrogens is 1. The van der Waals surface area contributed by atoms with Crippen molar-refractivity contribution < 1.29 is 9.90 Å². The second kappa shape index (κ2) is 9.37. The van der Waals surface area contributed by atoms with Crippen molar-refractivity contribution in [2.75, 3.05) is 5.32 Å². The molecule has 4 N–H and O–H groups in total. The van der Waals surface area contributed by atoms with E-state index in [2.05, 4.69) is 20.8 Å². The molecule has 2 aromatic carbocycles. The highest BCUT2D eigenvalue weighted by Gasteiger charge is 2.19. The standard InChI is InChI=1S/C21H21N5O4/c1-2-16(24-25-20(29)22-15-11-7-4-8-12-15)17-18(27)23-21(30)26(19(17)28)13-14-9-5-3-6-10-14/h3-12,28H,2,13H2,1H3,(H2,22,25,29)(H,23,27,30). The summed E-state index contributed by atoms with van der Waals surface area (Å²) in [6.45, 7) is 1.77. The lowest BCUT2D eigenvalue weighted by molar-refractivity contribution is 0.252. The van der Waals surface area contributed by atoms with Crippen LogP contribution < -0.4 is 22.0 Å². The van der Waals surface area contributed by atoms with Crippen molar-refractivity contribution in [2.45, 2.75) is 19.9 Å². The maximum absolute atomic E-state index is 12.4. The number of anilines is 1. The van der Waals surface area contributed by atoms with Gasteiger partial charge in [0.05, 0.1) is 12.3 Å². The van der Waals surface area contributed by atoms with E-state index < -0.39 is 23.2 Å². The third kappa shape index (κ3) is 4.82. The molecule has 3 aromatic rings. The third-order valence-electron chi connectivity index (χ3n) is 4.30. The van der Waals surface area contributed by atoms with Gasteiger partial charge < -0.3 is 10.4 Å². The highest BCUT2D eigenvalue weighted by molar-refractivity contribution is 6.02. The van der Waals surface area contributed by atoms with Crippen LogP contribution in [0.5, 0.6) is 5.88 Å². The van der Waals surface area contributed by atoms with Crippen molar-refractivity contribution in [3.8, 4) is 5.88 Å². The van der Waals surface area contributed by atoms with Crippen molar-refractivity contribution >= 4 is 17.4 Å². The second-order valence-electron chi connectivity index (χ2n) is 6.37. The Morgan fingerprint density at radius 2 is 1.70 bits per heavy atom. The number of aromatic amines is 1. The maximum Gasteiger partial charge on any atom is 0.339 e. The number of hydrazone groups is 1. The van der Waals surface area contributed by atoms with Gasteiger partial charge in [-0.1, -0.05) is 55.5 Å². The van der Waals surface area contributed by atoms with Gasteiger partial charge in [0, 0.05) is 5.69 Å². The topological polar surface area (TPSA) is 129 Å². The smallest absolute Gasteiger partial charge is 0.339 e. The summed E-state index contributed by atoms with van der Waals surface area (Å²) >= 11 is 0. The zero-order chi connectivity index (χ0) is 21.5. The number of hydrogen-bond acceptors (Lipinski definition) is 5. The number of carbonyl (C=O) groups is 1. The lowest BCUT2D eigenvalue weighted by Crippen LogP contribution is -2.35. The van der Waals surface area contributed by atoms with E-state index in [9.17, 15) is 19.5 Å². The molecule has 0 saturated heterocycles. The van der Waals surface area contributed by atoms with E-state index in [-0.39, 0.29) is 24.2 Å². The number of rotatable bonds is 6. The largest absolute Gasteiger partial charge is 0.494 e. The summed E-state index contributed by atoms with van der Waals surface area (Å²) in [6.07, 6.45) is 0.228. The summed E-state index contributed by atoms with van der Waals surface area (Å²) in [7, 11) is 0. The number of nitrogens with one attached hydrogen (secondary N) is 3. The van der Waals surface area contributed by atoms with E-state index >= 15 is 0 Å². The Labute approximate surface area is 171 Å². The van der Waals surface area contributed by atoms with Crippen LogP contribution in [0.1, 0.15) is 24.5 Å². The fraction of sp³-hybridized carbons (Fsp3) is 0.143. The van der Waals surface area contributed by atoms with Gasteiger partial charge in [-0.05, 0) is 24.1 Å². The van der Waals surface area contributed by atoms with Gasteiger partial charge in [0.2, 0.25) is 5.88 Å². The van der Waals surface area contributed by atoms with Crippen LogP contribution in [0.3, 0.4) is 0 Å². The molecule has 0 unspecified atom stereocenters. The summed E-state index contributed by atoms with van der Waals surface area (Å²) in [5, 5.41) is 17.2. The zero-order valence-corrected chi connectivity index (χ0v) is 16.3. The molecule has 0 aliphatic heterocycles. The summed E-state index contributed by atoms with van der Waals surface area (Å²) in [5.74, 6) is -0.515. The first-order chi connectivity index (χ1) is 14.5. The molecular weight excluding hydrogens is 386 g/mol. The summed E-state index contributed by atoms with van der Waals surface area (Å²) in [5.41, 5.74) is 2.07. The number of urea groups is 1. The Balaban J connectivity index is 1.89. The number of para-hydroxylation sites is 1. The van der Waals surface area contributed by atoms with Gasteiger partial charge in [-0.15, -0.1) is 0 Å². The van der Waals surface area contributed by atoms with Gasteiger partial charge >= 0.3 is 11.7 Å². The van der Waals surface area contributed by atoms with E-state index in [4.69, 9.17) is 0 Å². The molecule has 0 atom stereocenters. The highest BCUT2D eigenvalue weighted by Crippen LogP contribution is 2.15. The minimum Gasteiger partial charge on any atom is -0.494 e. The monoisotopic (exact) mass is 407 g/mol. The fourth-order valence-electron chi connectivity index (χ4n) is 2.84. The van der Waals surface area contributed by atoms with Gasteiger partial charge in [-0.3, -0.25) is 14.3 Å². The average Bonchev–Trinajstić information content (AvgIpc) is 2.74. The van der Waals surface area contributed by atoms with Gasteiger partial charge in [-0.2, -0.15) is 5.10 Å². The van der Waals surface area contributed by atoms with Gasteiger partial charge in [-0.25, -0.2) is 15.0 Å². The first-order valence-corrected chi connectivity index (χ1v) is 9.28. The number of nitrogens with zero attached hydrogens (tertiary/aromatic N) is 2. The Kier molecular flexibility index (Phi) is 6.43. The molecular formula is C21H21N5O4. The third-order valence-corrected chi connectivity index (χ3v) is 4.30. The number of aromatic nitrogens is 2. The number of benzene rings is 2. The van der Waals surface area contributed by atoms with Crippen LogP contribution in [0.2, 0.25) is 0 Å². The number of carbonyl (C=O) groups excluding carboxylic acids is 1. The SMILES string of the molecule is CCC(=NNC(=O)Nc1ccccc1)c1c(O)n(Cc2ccccc2)c(=O)[nH]c1=O. The Hall–Kier alpha value is -4.14. The van der Waals surface area contributed by atoms with E-state index in [1.54, 1.807) is 55.5 Å². The summed E-state index contributed by atoms with van der Waals surface area (Å²) < 4.78 is 1.04. The van der Waals surface area contributed by atoms with E-state index in [0.717, 1.165) is 10.1 Å². The molecule has 0 aliphatic rings. The number of aromatic hydroxyl groups is 1. The zero-order valence-electron chi connectivity index (χ0n) is 16.3. The number of hydrogen-bond donors (Lipinski definition) is 4. The molecule has 3 rings (SSSR count). The Bertz CT molecular complexity index is 1170. The molecule has 0 spiro atoms. The molecule has 30 heavy (non-hydrogen) atoms. The highest BCUT2D eigenvalue weighted by atomic mass is 16.3.